The zero-order valence-electron chi connectivity index (χ0n) is 8.63. The van der Waals surface area contributed by atoms with Gasteiger partial charge in [0, 0.05) is 10.2 Å². The van der Waals surface area contributed by atoms with Crippen molar-refractivity contribution in [1.29, 1.82) is 0 Å². The fraction of sp³-hybridized carbons (Fsp3) is 1.00. The Morgan fingerprint density at radius 3 is 2.50 bits per heavy atom. The van der Waals surface area contributed by atoms with E-state index in [1.807, 2.05) is 0 Å². The summed E-state index contributed by atoms with van der Waals surface area (Å²) in [6.07, 6.45) is 1.20. The Balaban J connectivity index is 3.78. The minimum atomic E-state index is -1.44. The van der Waals surface area contributed by atoms with E-state index in [1.54, 1.807) is 0 Å². The molecule has 74 valence electrons. The Hall–Kier alpha value is 0.531. The Morgan fingerprint density at radius 1 is 1.67 bits per heavy atom. The van der Waals surface area contributed by atoms with Gasteiger partial charge in [-0.05, 0) is 17.0 Å². The summed E-state index contributed by atoms with van der Waals surface area (Å²) in [5.41, 5.74) is 0.563. The molecule has 2 atom stereocenters. The molecule has 0 aliphatic carbocycles. The molecule has 0 aliphatic rings. The van der Waals surface area contributed by atoms with Crippen LogP contribution in [-0.4, -0.2) is 29.4 Å². The molecule has 0 radical (unpaired) electrons. The average molecular weight is 223 g/mol. The molecule has 3 nitrogen and oxygen atoms in total. The highest BCUT2D eigenvalue weighted by atomic mass is 28.4. The first-order valence-corrected chi connectivity index (χ1v) is 8.64. The van der Waals surface area contributed by atoms with E-state index in [2.05, 4.69) is 20.8 Å². The van der Waals surface area contributed by atoms with E-state index in [0.29, 0.717) is 10.6 Å². The van der Waals surface area contributed by atoms with Gasteiger partial charge in [0.1, 0.15) is 0 Å². The lowest BCUT2D eigenvalue weighted by Gasteiger charge is -2.26. The first-order valence-electron chi connectivity index (χ1n) is 4.44. The Morgan fingerprint density at radius 2 is 2.17 bits per heavy atom. The van der Waals surface area contributed by atoms with Gasteiger partial charge >= 0.3 is 0 Å². The first-order chi connectivity index (χ1) is 5.37. The second kappa shape index (κ2) is 5.30. The monoisotopic (exact) mass is 222 g/mol. The zero-order chi connectivity index (χ0) is 9.78. The fourth-order valence-electron chi connectivity index (χ4n) is 1.36. The fourth-order valence-corrected chi connectivity index (χ4v) is 5.62. The number of rotatable bonds is 5. The van der Waals surface area contributed by atoms with Gasteiger partial charge in [-0.3, -0.25) is 0 Å². The van der Waals surface area contributed by atoms with Crippen molar-refractivity contribution in [1.82, 2.24) is 0 Å². The highest BCUT2D eigenvalue weighted by Gasteiger charge is 2.21. The van der Waals surface area contributed by atoms with E-state index in [-0.39, 0.29) is 0 Å². The van der Waals surface area contributed by atoms with Gasteiger partial charge in [-0.15, -0.1) is 0 Å². The third-order valence-electron chi connectivity index (χ3n) is 1.78. The molecule has 0 aliphatic heterocycles. The summed E-state index contributed by atoms with van der Waals surface area (Å²) >= 11 is 0. The SMILES string of the molecule is CC(CC(C)(C)[SiH3])[SiH](N)O[SiH2]N. The van der Waals surface area contributed by atoms with Crippen LogP contribution in [0.5, 0.6) is 0 Å². The highest BCUT2D eigenvalue weighted by molar-refractivity contribution is 6.56. The summed E-state index contributed by atoms with van der Waals surface area (Å²) in [4.78, 5) is 0. The second-order valence-electron chi connectivity index (χ2n) is 4.54. The van der Waals surface area contributed by atoms with Gasteiger partial charge in [-0.25, -0.2) is 0 Å². The topological polar surface area (TPSA) is 61.3 Å². The van der Waals surface area contributed by atoms with Crippen molar-refractivity contribution in [2.45, 2.75) is 37.8 Å². The van der Waals surface area contributed by atoms with Gasteiger partial charge in [-0.2, -0.15) is 0 Å². The van der Waals surface area contributed by atoms with Crippen LogP contribution in [-0.2, 0) is 4.12 Å². The van der Waals surface area contributed by atoms with E-state index in [9.17, 15) is 0 Å². The quantitative estimate of drug-likeness (QED) is 0.556. The van der Waals surface area contributed by atoms with Gasteiger partial charge in [0.2, 0.25) is 19.1 Å². The molecule has 0 aromatic rings. The summed E-state index contributed by atoms with van der Waals surface area (Å²) in [5, 5.41) is 11.8. The van der Waals surface area contributed by atoms with Crippen molar-refractivity contribution in [3.05, 3.63) is 0 Å². The molecule has 0 fully saturated rings. The van der Waals surface area contributed by atoms with Crippen molar-refractivity contribution in [2.24, 2.45) is 10.8 Å². The summed E-state index contributed by atoms with van der Waals surface area (Å²) in [5.74, 6) is 0. The third-order valence-corrected chi connectivity index (χ3v) is 5.86. The van der Waals surface area contributed by atoms with E-state index in [0.717, 1.165) is 0 Å². The standard InChI is InChI=1S/C6H22N2OSi3/c1-5(4-6(2,3)10)12(8)9-11-7/h5,12H,4,7-8,11H2,1-3,10H3. The van der Waals surface area contributed by atoms with Crippen molar-refractivity contribution in [3.8, 4) is 0 Å². The molecular formula is C6H22N2OSi3. The maximum Gasteiger partial charge on any atom is 0.242 e. The zero-order valence-corrected chi connectivity index (χ0v) is 13.2. The molecule has 4 N–H and O–H groups in total. The van der Waals surface area contributed by atoms with Crippen LogP contribution >= 0.6 is 0 Å². The van der Waals surface area contributed by atoms with Gasteiger partial charge < -0.3 is 14.9 Å². The molecule has 0 heterocycles. The molecule has 6 heteroatoms. The van der Waals surface area contributed by atoms with Crippen LogP contribution in [0.2, 0.25) is 10.6 Å². The van der Waals surface area contributed by atoms with Crippen LogP contribution in [0.15, 0.2) is 0 Å². The summed E-state index contributed by atoms with van der Waals surface area (Å²) in [6, 6.07) is 0. The normalized spacial score (nSPS) is 18.8. The van der Waals surface area contributed by atoms with Crippen LogP contribution in [0.25, 0.3) is 0 Å². The Kier molecular flexibility index (Phi) is 5.54. The molecule has 12 heavy (non-hydrogen) atoms. The van der Waals surface area contributed by atoms with E-state index in [4.69, 9.17) is 14.9 Å². The van der Waals surface area contributed by atoms with Crippen molar-refractivity contribution >= 4 is 29.4 Å². The lowest BCUT2D eigenvalue weighted by molar-refractivity contribution is 0.530. The lowest BCUT2D eigenvalue weighted by Crippen LogP contribution is -2.38. The molecule has 0 rings (SSSR count). The summed E-state index contributed by atoms with van der Waals surface area (Å²) in [6.45, 7) is 6.77. The molecule has 0 aromatic heterocycles. The smallest absolute Gasteiger partial charge is 0.242 e. The van der Waals surface area contributed by atoms with Crippen molar-refractivity contribution < 1.29 is 4.12 Å². The van der Waals surface area contributed by atoms with Crippen LogP contribution in [0.1, 0.15) is 27.2 Å². The van der Waals surface area contributed by atoms with Crippen LogP contribution in [0.3, 0.4) is 0 Å². The number of hydrogen-bond acceptors (Lipinski definition) is 3. The van der Waals surface area contributed by atoms with E-state index < -0.39 is 19.1 Å². The number of hydrogen-bond donors (Lipinski definition) is 2. The third kappa shape index (κ3) is 6.09. The molecule has 0 saturated carbocycles. The van der Waals surface area contributed by atoms with Crippen molar-refractivity contribution in [2.75, 3.05) is 0 Å². The molecular weight excluding hydrogens is 200 g/mol. The molecule has 0 amide bonds. The predicted molar refractivity (Wildman–Crippen MR) is 63.2 cm³/mol. The average Bonchev–Trinajstić information content (AvgIpc) is 1.84. The minimum absolute atomic E-state index is 0.490. The minimum Gasteiger partial charge on any atom is -0.439 e. The van der Waals surface area contributed by atoms with Crippen LogP contribution < -0.4 is 10.8 Å². The van der Waals surface area contributed by atoms with Gasteiger partial charge in [0.05, 0.1) is 0 Å². The van der Waals surface area contributed by atoms with E-state index in [1.165, 1.54) is 16.7 Å². The molecule has 0 saturated heterocycles. The Bertz CT molecular complexity index is 128. The Labute approximate surface area is 82.5 Å². The second-order valence-corrected chi connectivity index (χ2v) is 11.0. The molecule has 0 spiro atoms. The van der Waals surface area contributed by atoms with E-state index >= 15 is 0 Å². The summed E-state index contributed by atoms with van der Waals surface area (Å²) in [7, 11) is -1.00. The maximum absolute atomic E-state index is 5.92. The highest BCUT2D eigenvalue weighted by Crippen LogP contribution is 2.31. The van der Waals surface area contributed by atoms with Gasteiger partial charge in [-0.1, -0.05) is 20.8 Å². The molecule has 2 unspecified atom stereocenters. The van der Waals surface area contributed by atoms with Crippen LogP contribution in [0, 0.1) is 0 Å². The summed E-state index contributed by atoms with van der Waals surface area (Å²) < 4.78 is 5.40. The first kappa shape index (κ1) is 12.5. The lowest BCUT2D eigenvalue weighted by atomic mass is 10.1. The number of nitrogens with two attached hydrogens (primary N) is 2. The molecule has 0 bridgehead atoms. The van der Waals surface area contributed by atoms with Crippen molar-refractivity contribution in [3.63, 3.8) is 0 Å². The maximum atomic E-state index is 5.92. The van der Waals surface area contributed by atoms with Crippen LogP contribution in [0.4, 0.5) is 0 Å². The largest absolute Gasteiger partial charge is 0.439 e. The molecule has 0 aromatic carbocycles. The van der Waals surface area contributed by atoms with Gasteiger partial charge in [0.25, 0.3) is 0 Å². The van der Waals surface area contributed by atoms with Gasteiger partial charge in [0.15, 0.2) is 0 Å². The predicted octanol–water partition coefficient (Wildman–Crippen LogP) is -1.52.